The summed E-state index contributed by atoms with van der Waals surface area (Å²) < 4.78 is 31.3. The minimum Gasteiger partial charge on any atom is -0.496 e. The van der Waals surface area contributed by atoms with E-state index >= 15 is 0 Å². The first-order valence-corrected chi connectivity index (χ1v) is 11.1. The first kappa shape index (κ1) is 22.9. The van der Waals surface area contributed by atoms with Crippen LogP contribution in [0.3, 0.4) is 0 Å². The Kier molecular flexibility index (Phi) is 7.81. The number of nitrogens with one attached hydrogen (secondary N) is 1. The van der Waals surface area contributed by atoms with Gasteiger partial charge in [0.1, 0.15) is 5.75 Å². The third kappa shape index (κ3) is 5.81. The Bertz CT molecular complexity index is 938. The van der Waals surface area contributed by atoms with Crippen LogP contribution in [0.25, 0.3) is 0 Å². The van der Waals surface area contributed by atoms with Crippen LogP contribution >= 0.6 is 0 Å². The summed E-state index contributed by atoms with van der Waals surface area (Å²) in [5.41, 5.74) is 2.99. The number of carbonyl (C=O) groups excluding carboxylic acids is 1. The van der Waals surface area contributed by atoms with Crippen molar-refractivity contribution in [3.8, 4) is 5.75 Å². The van der Waals surface area contributed by atoms with Crippen molar-refractivity contribution in [1.82, 2.24) is 9.62 Å². The molecule has 2 aromatic rings. The highest BCUT2D eigenvalue weighted by atomic mass is 32.2. The van der Waals surface area contributed by atoms with Gasteiger partial charge in [-0.25, -0.2) is 12.7 Å². The second-order valence-electron chi connectivity index (χ2n) is 7.15. The van der Waals surface area contributed by atoms with Crippen molar-refractivity contribution in [2.75, 3.05) is 21.2 Å². The smallest absolute Gasteiger partial charge is 0.242 e. The normalized spacial score (nSPS) is 12.6. The summed E-state index contributed by atoms with van der Waals surface area (Å²) in [5.74, 6) is 0.471. The molecule has 0 aromatic heterocycles. The molecule has 1 amide bonds. The molecule has 2 aromatic carbocycles. The molecule has 0 spiro atoms. The quantitative estimate of drug-likeness (QED) is 0.678. The Labute approximate surface area is 173 Å². The fraction of sp³-hybridized carbons (Fsp3) is 0.409. The lowest BCUT2D eigenvalue weighted by Crippen LogP contribution is -2.27. The van der Waals surface area contributed by atoms with E-state index in [0.717, 1.165) is 16.3 Å². The number of hydrogen-bond donors (Lipinski definition) is 1. The molecule has 0 aliphatic carbocycles. The van der Waals surface area contributed by atoms with E-state index in [2.05, 4.69) is 24.4 Å². The number of methoxy groups -OCH3 is 1. The molecule has 0 heterocycles. The van der Waals surface area contributed by atoms with Crippen molar-refractivity contribution in [1.29, 1.82) is 0 Å². The van der Waals surface area contributed by atoms with Crippen molar-refractivity contribution in [3.63, 3.8) is 0 Å². The van der Waals surface area contributed by atoms with Gasteiger partial charge in [-0.15, -0.1) is 0 Å². The number of aryl methyl sites for hydroxylation is 2. The fourth-order valence-corrected chi connectivity index (χ4v) is 3.96. The van der Waals surface area contributed by atoms with Gasteiger partial charge < -0.3 is 10.1 Å². The Morgan fingerprint density at radius 1 is 1.14 bits per heavy atom. The van der Waals surface area contributed by atoms with E-state index in [0.29, 0.717) is 17.7 Å². The molecule has 1 atom stereocenters. The topological polar surface area (TPSA) is 75.7 Å². The van der Waals surface area contributed by atoms with Gasteiger partial charge in [0.25, 0.3) is 0 Å². The van der Waals surface area contributed by atoms with Crippen LogP contribution in [-0.2, 0) is 27.7 Å². The number of hydrogen-bond acceptors (Lipinski definition) is 4. The highest BCUT2D eigenvalue weighted by molar-refractivity contribution is 7.89. The first-order valence-electron chi connectivity index (χ1n) is 9.66. The molecule has 0 saturated heterocycles. The predicted molar refractivity (Wildman–Crippen MR) is 115 cm³/mol. The van der Waals surface area contributed by atoms with Crippen LogP contribution in [0.15, 0.2) is 47.4 Å². The minimum atomic E-state index is -3.55. The number of carbonyl (C=O) groups is 1. The number of rotatable bonds is 9. The lowest BCUT2D eigenvalue weighted by Gasteiger charge is -2.16. The van der Waals surface area contributed by atoms with E-state index in [-0.39, 0.29) is 23.3 Å². The lowest BCUT2D eigenvalue weighted by atomic mass is 10.0. The predicted octanol–water partition coefficient (Wildman–Crippen LogP) is 3.32. The molecule has 7 heteroatoms. The van der Waals surface area contributed by atoms with Crippen LogP contribution in [0.4, 0.5) is 0 Å². The van der Waals surface area contributed by atoms with E-state index in [1.165, 1.54) is 32.8 Å². The average molecular weight is 419 g/mol. The van der Waals surface area contributed by atoms with Crippen molar-refractivity contribution in [3.05, 3.63) is 59.2 Å². The van der Waals surface area contributed by atoms with Gasteiger partial charge in [-0.1, -0.05) is 31.2 Å². The zero-order chi connectivity index (χ0) is 21.6. The summed E-state index contributed by atoms with van der Waals surface area (Å²) in [4.78, 5) is 12.6. The molecule has 2 rings (SSSR count). The Hall–Kier alpha value is -2.38. The summed E-state index contributed by atoms with van der Waals surface area (Å²) >= 11 is 0. The maximum Gasteiger partial charge on any atom is 0.242 e. The van der Waals surface area contributed by atoms with Gasteiger partial charge in [0.2, 0.25) is 15.9 Å². The molecular weight excluding hydrogens is 388 g/mol. The van der Waals surface area contributed by atoms with E-state index in [1.54, 1.807) is 12.1 Å². The van der Waals surface area contributed by atoms with E-state index in [1.807, 2.05) is 19.1 Å². The molecule has 0 aliphatic heterocycles. The largest absolute Gasteiger partial charge is 0.496 e. The molecule has 1 N–H and O–H groups in total. The molecular formula is C22H30N2O4S. The number of ether oxygens (including phenoxy) is 1. The maximum absolute atomic E-state index is 12.4. The second-order valence-corrected chi connectivity index (χ2v) is 9.30. The Balaban J connectivity index is 2.06. The van der Waals surface area contributed by atoms with E-state index in [9.17, 15) is 13.2 Å². The van der Waals surface area contributed by atoms with Gasteiger partial charge in [-0.05, 0) is 54.7 Å². The van der Waals surface area contributed by atoms with E-state index < -0.39 is 10.0 Å². The van der Waals surface area contributed by atoms with Gasteiger partial charge in [0, 0.05) is 20.5 Å². The van der Waals surface area contributed by atoms with Crippen LogP contribution < -0.4 is 10.1 Å². The summed E-state index contributed by atoms with van der Waals surface area (Å²) in [6, 6.07) is 12.8. The standard InChI is InChI=1S/C22H30N2O4S/c1-6-17-7-9-18(10-8-17)16(2)23-22(25)14-11-19-15-20(12-13-21(19)28-5)29(26,27)24(3)4/h7-10,12-13,15-16H,6,11,14H2,1-5H3,(H,23,25). The zero-order valence-corrected chi connectivity index (χ0v) is 18.5. The molecule has 1 unspecified atom stereocenters. The van der Waals surface area contributed by atoms with Crippen LogP contribution in [0, 0.1) is 0 Å². The molecule has 0 bridgehead atoms. The van der Waals surface area contributed by atoms with E-state index in [4.69, 9.17) is 4.74 Å². The van der Waals surface area contributed by atoms with Gasteiger partial charge in [0.15, 0.2) is 0 Å². The van der Waals surface area contributed by atoms with Crippen molar-refractivity contribution >= 4 is 15.9 Å². The molecule has 29 heavy (non-hydrogen) atoms. The Morgan fingerprint density at radius 2 is 1.79 bits per heavy atom. The van der Waals surface area contributed by atoms with Gasteiger partial charge in [0.05, 0.1) is 18.0 Å². The zero-order valence-electron chi connectivity index (χ0n) is 17.7. The summed E-state index contributed by atoms with van der Waals surface area (Å²) in [5, 5.41) is 3.00. The molecule has 0 radical (unpaired) electrons. The molecule has 0 saturated carbocycles. The highest BCUT2D eigenvalue weighted by Crippen LogP contribution is 2.25. The van der Waals surface area contributed by atoms with Gasteiger partial charge >= 0.3 is 0 Å². The number of sulfonamides is 1. The second kappa shape index (κ2) is 9.89. The van der Waals surface area contributed by atoms with Crippen LogP contribution in [0.5, 0.6) is 5.75 Å². The summed E-state index contributed by atoms with van der Waals surface area (Å²) in [6.45, 7) is 4.05. The molecule has 158 valence electrons. The third-order valence-electron chi connectivity index (χ3n) is 4.92. The first-order chi connectivity index (χ1) is 13.7. The number of amides is 1. The lowest BCUT2D eigenvalue weighted by molar-refractivity contribution is -0.121. The maximum atomic E-state index is 12.4. The van der Waals surface area contributed by atoms with Gasteiger partial charge in [-0.3, -0.25) is 4.79 Å². The number of benzene rings is 2. The fourth-order valence-electron chi connectivity index (χ4n) is 3.01. The summed E-state index contributed by atoms with van der Waals surface area (Å²) in [7, 11) is 0.957. The van der Waals surface area contributed by atoms with Crippen molar-refractivity contribution in [2.24, 2.45) is 0 Å². The average Bonchev–Trinajstić information content (AvgIpc) is 2.71. The number of nitrogens with zero attached hydrogens (tertiary/aromatic N) is 1. The van der Waals surface area contributed by atoms with Crippen LogP contribution in [-0.4, -0.2) is 39.8 Å². The molecule has 6 nitrogen and oxygen atoms in total. The van der Waals surface area contributed by atoms with Crippen molar-refractivity contribution < 1.29 is 17.9 Å². The molecule has 0 aliphatic rings. The minimum absolute atomic E-state index is 0.0972. The molecule has 0 fully saturated rings. The highest BCUT2D eigenvalue weighted by Gasteiger charge is 2.19. The van der Waals surface area contributed by atoms with Crippen LogP contribution in [0.1, 0.15) is 43.0 Å². The van der Waals surface area contributed by atoms with Gasteiger partial charge in [-0.2, -0.15) is 0 Å². The Morgan fingerprint density at radius 3 is 2.34 bits per heavy atom. The van der Waals surface area contributed by atoms with Crippen molar-refractivity contribution in [2.45, 2.75) is 44.0 Å². The summed E-state index contributed by atoms with van der Waals surface area (Å²) in [6.07, 6.45) is 1.60. The third-order valence-corrected chi connectivity index (χ3v) is 6.73. The van der Waals surface area contributed by atoms with Crippen LogP contribution in [0.2, 0.25) is 0 Å². The SMILES string of the molecule is CCc1ccc(C(C)NC(=O)CCc2cc(S(=O)(=O)N(C)C)ccc2OC)cc1. The monoisotopic (exact) mass is 418 g/mol.